The third-order valence-electron chi connectivity index (χ3n) is 2.56. The van der Waals surface area contributed by atoms with Crippen molar-refractivity contribution in [2.24, 2.45) is 11.7 Å². The highest BCUT2D eigenvalue weighted by atomic mass is 35.5. The van der Waals surface area contributed by atoms with Gasteiger partial charge >= 0.3 is 0 Å². The van der Waals surface area contributed by atoms with E-state index in [4.69, 9.17) is 17.3 Å². The quantitative estimate of drug-likeness (QED) is 0.856. The molecule has 2 atom stereocenters. The summed E-state index contributed by atoms with van der Waals surface area (Å²) in [6, 6.07) is 7.26. The normalized spacial score (nSPS) is 14.7. The predicted octanol–water partition coefficient (Wildman–Crippen LogP) is 2.43. The zero-order valence-corrected chi connectivity index (χ0v) is 9.79. The third kappa shape index (κ3) is 3.65. The molecular formula is C12H16ClNO. The zero-order valence-electron chi connectivity index (χ0n) is 9.03. The first-order valence-corrected chi connectivity index (χ1v) is 5.41. The summed E-state index contributed by atoms with van der Waals surface area (Å²) in [5.41, 5.74) is 6.62. The van der Waals surface area contributed by atoms with E-state index >= 15 is 0 Å². The molecule has 0 aromatic heterocycles. The third-order valence-corrected chi connectivity index (χ3v) is 2.80. The molecule has 2 nitrogen and oxygen atoms in total. The van der Waals surface area contributed by atoms with E-state index in [0.717, 1.165) is 5.56 Å². The van der Waals surface area contributed by atoms with E-state index in [0.29, 0.717) is 11.4 Å². The first-order valence-electron chi connectivity index (χ1n) is 5.03. The fourth-order valence-electron chi connectivity index (χ4n) is 1.30. The number of ketones is 1. The number of carbonyl (C=O) groups excluding carboxylic acids is 1. The van der Waals surface area contributed by atoms with E-state index in [9.17, 15) is 4.79 Å². The number of Topliss-reactive ketones (excluding diaryl/α,β-unsaturated/α-hetero) is 1. The molecule has 82 valence electrons. The van der Waals surface area contributed by atoms with Crippen LogP contribution in [0.25, 0.3) is 0 Å². The van der Waals surface area contributed by atoms with Crippen molar-refractivity contribution in [1.29, 1.82) is 0 Å². The lowest BCUT2D eigenvalue weighted by molar-refractivity contribution is -0.122. The van der Waals surface area contributed by atoms with E-state index in [1.54, 1.807) is 6.07 Å². The molecule has 0 fully saturated rings. The second-order valence-electron chi connectivity index (χ2n) is 3.92. The molecule has 0 radical (unpaired) electrons. The Labute approximate surface area is 95.4 Å². The topological polar surface area (TPSA) is 43.1 Å². The van der Waals surface area contributed by atoms with Crippen LogP contribution < -0.4 is 5.73 Å². The molecule has 0 spiro atoms. The number of nitrogens with two attached hydrogens (primary N) is 1. The number of halogens is 1. The molecule has 0 saturated carbocycles. The molecular weight excluding hydrogens is 210 g/mol. The van der Waals surface area contributed by atoms with Crippen LogP contribution in [0.15, 0.2) is 24.3 Å². The molecule has 3 heteroatoms. The van der Waals surface area contributed by atoms with Gasteiger partial charge in [0.05, 0.1) is 0 Å². The number of rotatable bonds is 4. The van der Waals surface area contributed by atoms with Crippen LogP contribution in [0.4, 0.5) is 0 Å². The summed E-state index contributed by atoms with van der Waals surface area (Å²) in [4.78, 5) is 11.7. The summed E-state index contributed by atoms with van der Waals surface area (Å²) in [6.07, 6.45) is 0.406. The van der Waals surface area contributed by atoms with Crippen molar-refractivity contribution >= 4 is 17.4 Å². The lowest BCUT2D eigenvalue weighted by Crippen LogP contribution is -2.31. The molecule has 1 rings (SSSR count). The van der Waals surface area contributed by atoms with Gasteiger partial charge in [0.2, 0.25) is 0 Å². The van der Waals surface area contributed by atoms with Crippen LogP contribution in [0.1, 0.15) is 19.4 Å². The molecule has 0 aliphatic heterocycles. The van der Waals surface area contributed by atoms with Crippen molar-refractivity contribution < 1.29 is 4.79 Å². The Hall–Kier alpha value is -0.860. The average molecular weight is 226 g/mol. The van der Waals surface area contributed by atoms with Gasteiger partial charge in [-0.25, -0.2) is 0 Å². The minimum absolute atomic E-state index is 0.100. The number of carbonyl (C=O) groups is 1. The highest BCUT2D eigenvalue weighted by Crippen LogP contribution is 2.13. The summed E-state index contributed by atoms with van der Waals surface area (Å²) < 4.78 is 0. The summed E-state index contributed by atoms with van der Waals surface area (Å²) in [5, 5.41) is 0.661. The Bertz CT molecular complexity index is 349. The van der Waals surface area contributed by atoms with E-state index in [-0.39, 0.29) is 17.7 Å². The largest absolute Gasteiger partial charge is 0.327 e. The fourth-order valence-corrected chi connectivity index (χ4v) is 1.52. The smallest absolute Gasteiger partial charge is 0.141 e. The Morgan fingerprint density at radius 1 is 1.47 bits per heavy atom. The predicted molar refractivity (Wildman–Crippen MR) is 63.0 cm³/mol. The first kappa shape index (κ1) is 12.2. The average Bonchev–Trinajstić information content (AvgIpc) is 2.16. The number of benzene rings is 1. The fraction of sp³-hybridized carbons (Fsp3) is 0.417. The van der Waals surface area contributed by atoms with Crippen LogP contribution in [-0.4, -0.2) is 11.8 Å². The van der Waals surface area contributed by atoms with Crippen molar-refractivity contribution in [3.05, 3.63) is 34.9 Å². The molecule has 0 bridgehead atoms. The molecule has 1 aromatic carbocycles. The van der Waals surface area contributed by atoms with Gasteiger partial charge < -0.3 is 5.73 Å². The summed E-state index contributed by atoms with van der Waals surface area (Å²) >= 11 is 5.83. The highest BCUT2D eigenvalue weighted by molar-refractivity contribution is 6.30. The van der Waals surface area contributed by atoms with Gasteiger partial charge in [0.25, 0.3) is 0 Å². The maximum Gasteiger partial charge on any atom is 0.141 e. The van der Waals surface area contributed by atoms with Gasteiger partial charge in [-0.1, -0.05) is 30.7 Å². The Balaban J connectivity index is 2.66. The molecule has 2 N–H and O–H groups in total. The van der Waals surface area contributed by atoms with Gasteiger partial charge in [-0.15, -0.1) is 0 Å². The van der Waals surface area contributed by atoms with Crippen LogP contribution in [0, 0.1) is 5.92 Å². The lowest BCUT2D eigenvalue weighted by Gasteiger charge is -2.13. The van der Waals surface area contributed by atoms with Gasteiger partial charge in [-0.3, -0.25) is 4.79 Å². The SMILES string of the molecule is CC(N)C(C)C(=O)Cc1cccc(Cl)c1. The van der Waals surface area contributed by atoms with Crippen LogP contribution in [-0.2, 0) is 11.2 Å². The van der Waals surface area contributed by atoms with Gasteiger partial charge in [0, 0.05) is 23.4 Å². The zero-order chi connectivity index (χ0) is 11.4. The molecule has 0 heterocycles. The van der Waals surface area contributed by atoms with Crippen molar-refractivity contribution in [2.75, 3.05) is 0 Å². The van der Waals surface area contributed by atoms with Crippen LogP contribution in [0.2, 0.25) is 5.02 Å². The van der Waals surface area contributed by atoms with Crippen molar-refractivity contribution in [1.82, 2.24) is 0 Å². The standard InChI is InChI=1S/C12H16ClNO/c1-8(9(2)14)12(15)7-10-4-3-5-11(13)6-10/h3-6,8-9H,7,14H2,1-2H3. The van der Waals surface area contributed by atoms with Crippen molar-refractivity contribution in [3.63, 3.8) is 0 Å². The van der Waals surface area contributed by atoms with Crippen molar-refractivity contribution in [2.45, 2.75) is 26.3 Å². The molecule has 1 aromatic rings. The van der Waals surface area contributed by atoms with Gasteiger partial charge in [-0.05, 0) is 24.6 Å². The number of hydrogen-bond acceptors (Lipinski definition) is 2. The number of hydrogen-bond donors (Lipinski definition) is 1. The molecule has 0 aliphatic rings. The van der Waals surface area contributed by atoms with Gasteiger partial charge in [0.1, 0.15) is 5.78 Å². The summed E-state index contributed by atoms with van der Waals surface area (Å²) in [7, 11) is 0. The highest BCUT2D eigenvalue weighted by Gasteiger charge is 2.17. The van der Waals surface area contributed by atoms with Crippen LogP contribution >= 0.6 is 11.6 Å². The Morgan fingerprint density at radius 3 is 2.67 bits per heavy atom. The molecule has 0 aliphatic carbocycles. The monoisotopic (exact) mass is 225 g/mol. The van der Waals surface area contributed by atoms with E-state index in [2.05, 4.69) is 0 Å². The summed E-state index contributed by atoms with van der Waals surface area (Å²) in [5.74, 6) is 0.0521. The minimum Gasteiger partial charge on any atom is -0.327 e. The van der Waals surface area contributed by atoms with Crippen LogP contribution in [0.5, 0.6) is 0 Å². The maximum atomic E-state index is 11.7. The molecule has 0 amide bonds. The van der Waals surface area contributed by atoms with E-state index in [1.807, 2.05) is 32.0 Å². The second kappa shape index (κ2) is 5.29. The summed E-state index contributed by atoms with van der Waals surface area (Å²) in [6.45, 7) is 3.71. The second-order valence-corrected chi connectivity index (χ2v) is 4.36. The Kier molecular flexibility index (Phi) is 4.30. The lowest BCUT2D eigenvalue weighted by atomic mass is 9.94. The van der Waals surface area contributed by atoms with E-state index < -0.39 is 0 Å². The van der Waals surface area contributed by atoms with Gasteiger partial charge in [-0.2, -0.15) is 0 Å². The molecule has 0 saturated heterocycles. The minimum atomic E-state index is -0.107. The molecule has 2 unspecified atom stereocenters. The van der Waals surface area contributed by atoms with E-state index in [1.165, 1.54) is 0 Å². The van der Waals surface area contributed by atoms with Crippen LogP contribution in [0.3, 0.4) is 0 Å². The van der Waals surface area contributed by atoms with Crippen molar-refractivity contribution in [3.8, 4) is 0 Å². The maximum absolute atomic E-state index is 11.7. The van der Waals surface area contributed by atoms with Gasteiger partial charge in [0.15, 0.2) is 0 Å². The Morgan fingerprint density at radius 2 is 2.13 bits per heavy atom. The molecule has 15 heavy (non-hydrogen) atoms. The first-order chi connectivity index (χ1) is 7.00.